The predicted octanol–water partition coefficient (Wildman–Crippen LogP) is 2.19. The van der Waals surface area contributed by atoms with Crippen molar-refractivity contribution < 1.29 is 17.9 Å². The Hall–Kier alpha value is -1.60. The number of rotatable bonds is 8. The molecule has 1 fully saturated rings. The highest BCUT2D eigenvalue weighted by atomic mass is 32.2. The van der Waals surface area contributed by atoms with E-state index in [2.05, 4.69) is 5.32 Å². The molecule has 1 heterocycles. The number of sulfonamides is 1. The topological polar surface area (TPSA) is 75.7 Å². The molecule has 1 aliphatic rings. The number of nitrogens with zero attached hydrogens (tertiary/aromatic N) is 1. The maximum Gasteiger partial charge on any atom is 0.224 e. The van der Waals surface area contributed by atoms with Crippen LogP contribution in [0.1, 0.15) is 38.7 Å². The minimum Gasteiger partial charge on any atom is -0.491 e. The van der Waals surface area contributed by atoms with Gasteiger partial charge in [0.2, 0.25) is 15.9 Å². The van der Waals surface area contributed by atoms with Gasteiger partial charge < -0.3 is 10.1 Å². The van der Waals surface area contributed by atoms with Crippen LogP contribution in [0.15, 0.2) is 24.3 Å². The quantitative estimate of drug-likeness (QED) is 0.700. The van der Waals surface area contributed by atoms with Gasteiger partial charge in [0.25, 0.3) is 0 Å². The first-order valence-electron chi connectivity index (χ1n) is 9.24. The first-order valence-corrected chi connectivity index (χ1v) is 11.1. The molecule has 0 radical (unpaired) electrons. The van der Waals surface area contributed by atoms with Crippen LogP contribution < -0.4 is 10.1 Å². The van der Waals surface area contributed by atoms with Crippen LogP contribution in [0.25, 0.3) is 0 Å². The third kappa shape index (κ3) is 6.61. The molecule has 0 aromatic heterocycles. The molecule has 146 valence electrons. The largest absolute Gasteiger partial charge is 0.491 e. The van der Waals surface area contributed by atoms with Crippen LogP contribution in [0.4, 0.5) is 0 Å². The lowest BCUT2D eigenvalue weighted by molar-refractivity contribution is -0.126. The Kier molecular flexibility index (Phi) is 7.46. The minimum absolute atomic E-state index is 0.0426. The van der Waals surface area contributed by atoms with Crippen molar-refractivity contribution in [2.24, 2.45) is 5.92 Å². The average molecular weight is 383 g/mol. The zero-order valence-electron chi connectivity index (χ0n) is 15.9. The molecule has 2 rings (SSSR count). The van der Waals surface area contributed by atoms with Crippen LogP contribution in [0.5, 0.6) is 5.75 Å². The lowest BCUT2D eigenvalue weighted by atomic mass is 9.99. The maximum absolute atomic E-state index is 12.3. The lowest BCUT2D eigenvalue weighted by Crippen LogP contribution is -2.45. The fraction of sp³-hybridized carbons (Fsp3) is 0.632. The molecule has 1 N–H and O–H groups in total. The molecule has 1 aliphatic heterocycles. The zero-order valence-corrected chi connectivity index (χ0v) is 16.7. The monoisotopic (exact) mass is 382 g/mol. The number of hydrogen-bond donors (Lipinski definition) is 1. The Bertz CT molecular complexity index is 686. The average Bonchev–Trinajstić information content (AvgIpc) is 2.59. The van der Waals surface area contributed by atoms with Crippen LogP contribution in [0.2, 0.25) is 0 Å². The summed E-state index contributed by atoms with van der Waals surface area (Å²) in [6.07, 6.45) is 4.56. The molecule has 0 saturated carbocycles. The van der Waals surface area contributed by atoms with E-state index in [1.807, 2.05) is 38.1 Å². The molecular formula is C19H30N2O4S. The van der Waals surface area contributed by atoms with Gasteiger partial charge in [0, 0.05) is 19.6 Å². The van der Waals surface area contributed by atoms with Crippen molar-refractivity contribution in [3.8, 4) is 5.75 Å². The third-order valence-electron chi connectivity index (χ3n) is 4.46. The number of aryl methyl sites for hydroxylation is 1. The molecule has 0 aliphatic carbocycles. The van der Waals surface area contributed by atoms with Gasteiger partial charge >= 0.3 is 0 Å². The smallest absolute Gasteiger partial charge is 0.224 e. The number of amides is 1. The summed E-state index contributed by atoms with van der Waals surface area (Å²) in [4.78, 5) is 12.3. The molecule has 0 bridgehead atoms. The second kappa shape index (κ2) is 9.37. The summed E-state index contributed by atoms with van der Waals surface area (Å²) in [5, 5.41) is 2.95. The molecule has 0 spiro atoms. The van der Waals surface area contributed by atoms with Crippen molar-refractivity contribution >= 4 is 15.9 Å². The molecule has 1 unspecified atom stereocenters. The molecule has 1 aromatic carbocycles. The van der Waals surface area contributed by atoms with Crippen molar-refractivity contribution in [1.29, 1.82) is 0 Å². The Morgan fingerprint density at radius 1 is 1.31 bits per heavy atom. The van der Waals surface area contributed by atoms with Gasteiger partial charge in [-0.05, 0) is 57.2 Å². The van der Waals surface area contributed by atoms with Gasteiger partial charge in [0.05, 0.1) is 18.3 Å². The van der Waals surface area contributed by atoms with Crippen molar-refractivity contribution in [3.05, 3.63) is 29.8 Å². The third-order valence-corrected chi connectivity index (χ3v) is 5.73. The first kappa shape index (κ1) is 20.7. The SMILES string of the molecule is CC(C)Oc1ccc(CCCNC(=O)C2CCCN(S(C)(=O)=O)C2)cc1. The van der Waals surface area contributed by atoms with Crippen LogP contribution in [0, 0.1) is 5.92 Å². The van der Waals surface area contributed by atoms with Gasteiger partial charge in [-0.15, -0.1) is 0 Å². The summed E-state index contributed by atoms with van der Waals surface area (Å²) in [5.41, 5.74) is 1.20. The molecule has 1 atom stereocenters. The van der Waals surface area contributed by atoms with E-state index >= 15 is 0 Å². The summed E-state index contributed by atoms with van der Waals surface area (Å²) in [5.74, 6) is 0.578. The van der Waals surface area contributed by atoms with Crippen LogP contribution in [0.3, 0.4) is 0 Å². The molecule has 26 heavy (non-hydrogen) atoms. The fourth-order valence-electron chi connectivity index (χ4n) is 3.11. The minimum atomic E-state index is -3.22. The van der Waals surface area contributed by atoms with E-state index in [0.717, 1.165) is 31.4 Å². The van der Waals surface area contributed by atoms with Crippen molar-refractivity contribution in [3.63, 3.8) is 0 Å². The molecule has 6 nitrogen and oxygen atoms in total. The van der Waals surface area contributed by atoms with Gasteiger partial charge in [-0.3, -0.25) is 4.79 Å². The van der Waals surface area contributed by atoms with E-state index < -0.39 is 10.0 Å². The van der Waals surface area contributed by atoms with Gasteiger partial charge in [0.15, 0.2) is 0 Å². The van der Waals surface area contributed by atoms with Crippen molar-refractivity contribution in [2.45, 2.75) is 45.6 Å². The highest BCUT2D eigenvalue weighted by Crippen LogP contribution is 2.19. The predicted molar refractivity (Wildman–Crippen MR) is 103 cm³/mol. The Balaban J connectivity index is 1.71. The molecule has 7 heteroatoms. The van der Waals surface area contributed by atoms with Crippen LogP contribution in [-0.4, -0.2) is 50.6 Å². The number of ether oxygens (including phenoxy) is 1. The molecule has 1 aromatic rings. The summed E-state index contributed by atoms with van der Waals surface area (Å²) in [6, 6.07) is 8.03. The zero-order chi connectivity index (χ0) is 19.2. The van der Waals surface area contributed by atoms with Gasteiger partial charge in [0.1, 0.15) is 5.75 Å². The Labute approximate surface area is 157 Å². The van der Waals surface area contributed by atoms with E-state index in [1.54, 1.807) is 0 Å². The number of hydrogen-bond acceptors (Lipinski definition) is 4. The molecular weight excluding hydrogens is 352 g/mol. The van der Waals surface area contributed by atoms with Gasteiger partial charge in [-0.25, -0.2) is 12.7 Å². The summed E-state index contributed by atoms with van der Waals surface area (Å²) < 4.78 is 30.3. The second-order valence-electron chi connectivity index (χ2n) is 7.17. The standard InChI is InChI=1S/C19H30N2O4S/c1-15(2)25-18-10-8-16(9-11-18)6-4-12-20-19(22)17-7-5-13-21(14-17)26(3,23)24/h8-11,15,17H,4-7,12-14H2,1-3H3,(H,20,22). The molecule has 1 amide bonds. The van der Waals surface area contributed by atoms with Crippen molar-refractivity contribution in [1.82, 2.24) is 9.62 Å². The van der Waals surface area contributed by atoms with Crippen LogP contribution in [-0.2, 0) is 21.2 Å². The first-order chi connectivity index (χ1) is 12.3. The van der Waals surface area contributed by atoms with E-state index in [1.165, 1.54) is 16.1 Å². The van der Waals surface area contributed by atoms with Crippen LogP contribution >= 0.6 is 0 Å². The highest BCUT2D eigenvalue weighted by Gasteiger charge is 2.29. The normalized spacial score (nSPS) is 18.7. The number of carbonyl (C=O) groups excluding carboxylic acids is 1. The number of nitrogens with one attached hydrogen (secondary N) is 1. The van der Waals surface area contributed by atoms with E-state index in [4.69, 9.17) is 4.74 Å². The summed E-state index contributed by atoms with van der Waals surface area (Å²) in [6.45, 7) is 5.40. The Morgan fingerprint density at radius 3 is 2.62 bits per heavy atom. The fourth-order valence-corrected chi connectivity index (χ4v) is 4.02. The van der Waals surface area contributed by atoms with E-state index in [0.29, 0.717) is 19.6 Å². The summed E-state index contributed by atoms with van der Waals surface area (Å²) in [7, 11) is -3.22. The van der Waals surface area contributed by atoms with E-state index in [-0.39, 0.29) is 17.9 Å². The van der Waals surface area contributed by atoms with Gasteiger partial charge in [-0.2, -0.15) is 0 Å². The highest BCUT2D eigenvalue weighted by molar-refractivity contribution is 7.88. The van der Waals surface area contributed by atoms with Crippen molar-refractivity contribution in [2.75, 3.05) is 25.9 Å². The Morgan fingerprint density at radius 2 is 2.00 bits per heavy atom. The van der Waals surface area contributed by atoms with Gasteiger partial charge in [-0.1, -0.05) is 12.1 Å². The lowest BCUT2D eigenvalue weighted by Gasteiger charge is -2.30. The second-order valence-corrected chi connectivity index (χ2v) is 9.15. The number of benzene rings is 1. The number of piperidine rings is 1. The maximum atomic E-state index is 12.3. The van der Waals surface area contributed by atoms with E-state index in [9.17, 15) is 13.2 Å². The number of carbonyl (C=O) groups is 1. The summed E-state index contributed by atoms with van der Waals surface area (Å²) >= 11 is 0. The molecule has 1 saturated heterocycles.